The summed E-state index contributed by atoms with van der Waals surface area (Å²) in [5, 5.41) is 1.75. The second kappa shape index (κ2) is 9.45. The number of fused-ring (bicyclic) bond motifs is 1. The molecule has 0 atom stereocenters. The van der Waals surface area contributed by atoms with Crippen LogP contribution in [0.3, 0.4) is 0 Å². The number of nitrogens with two attached hydrogens (primary N) is 1. The lowest BCUT2D eigenvalue weighted by Crippen LogP contribution is -2.35. The zero-order valence-corrected chi connectivity index (χ0v) is 18.4. The number of rotatable bonds is 8. The fraction of sp³-hybridized carbons (Fsp3) is 0.364. The number of thiophene rings is 1. The highest BCUT2D eigenvalue weighted by Gasteiger charge is 2.14. The Labute approximate surface area is 177 Å². The Kier molecular flexibility index (Phi) is 6.99. The maximum atomic E-state index is 5.90. The highest BCUT2D eigenvalue weighted by Crippen LogP contribution is 2.34. The van der Waals surface area contributed by atoms with Crippen LogP contribution < -0.4 is 10.6 Å². The van der Waals surface area contributed by atoms with E-state index in [4.69, 9.17) is 18.0 Å². The van der Waals surface area contributed by atoms with E-state index in [0.29, 0.717) is 5.11 Å². The molecule has 3 aromatic rings. The summed E-state index contributed by atoms with van der Waals surface area (Å²) >= 11 is 7.08. The molecule has 0 aliphatic carbocycles. The molecule has 0 saturated carbocycles. The molecule has 2 aromatic heterocycles. The minimum Gasteiger partial charge on any atom is -0.376 e. The van der Waals surface area contributed by atoms with Gasteiger partial charge in [-0.15, -0.1) is 11.3 Å². The molecule has 1 aromatic carbocycles. The monoisotopic (exact) mass is 412 g/mol. The van der Waals surface area contributed by atoms with Gasteiger partial charge in [-0.1, -0.05) is 0 Å². The van der Waals surface area contributed by atoms with Crippen LogP contribution in [-0.4, -0.2) is 41.7 Å². The summed E-state index contributed by atoms with van der Waals surface area (Å²) in [6, 6.07) is 10.7. The van der Waals surface area contributed by atoms with Crippen LogP contribution >= 0.6 is 23.6 Å². The molecule has 2 N–H and O–H groups in total. The molecular formula is C22H28N4S2. The second-order valence-electron chi connectivity index (χ2n) is 7.06. The minimum absolute atomic E-state index is 0.422. The molecule has 2 heterocycles. The van der Waals surface area contributed by atoms with E-state index in [-0.39, 0.29) is 0 Å². The van der Waals surface area contributed by atoms with Crippen LogP contribution in [0.15, 0.2) is 42.7 Å². The highest BCUT2D eigenvalue weighted by atomic mass is 32.1. The van der Waals surface area contributed by atoms with E-state index >= 15 is 0 Å². The van der Waals surface area contributed by atoms with Gasteiger partial charge in [-0.2, -0.15) is 0 Å². The minimum atomic E-state index is 0.422. The van der Waals surface area contributed by atoms with E-state index in [2.05, 4.69) is 61.1 Å². The first-order valence-electron chi connectivity index (χ1n) is 9.66. The summed E-state index contributed by atoms with van der Waals surface area (Å²) in [5.41, 5.74) is 9.75. The Morgan fingerprint density at radius 2 is 1.86 bits per heavy atom. The Morgan fingerprint density at radius 1 is 1.14 bits per heavy atom. The number of likely N-dealkylation sites (N-methyl/N-ethyl adjacent to an activating group) is 1. The van der Waals surface area contributed by atoms with Gasteiger partial charge in [0, 0.05) is 47.3 Å². The molecular weight excluding hydrogens is 384 g/mol. The van der Waals surface area contributed by atoms with Crippen LogP contribution in [0.4, 0.5) is 5.69 Å². The number of aryl methyl sites for hydroxylation is 1. The first-order chi connectivity index (χ1) is 13.5. The van der Waals surface area contributed by atoms with Crippen molar-refractivity contribution in [2.45, 2.75) is 26.7 Å². The van der Waals surface area contributed by atoms with Gasteiger partial charge in [0.05, 0.1) is 0 Å². The predicted octanol–water partition coefficient (Wildman–Crippen LogP) is 4.39. The van der Waals surface area contributed by atoms with Crippen molar-refractivity contribution in [1.29, 1.82) is 0 Å². The van der Waals surface area contributed by atoms with Crippen LogP contribution in [0.1, 0.15) is 22.9 Å². The molecule has 4 nitrogen and oxygen atoms in total. The lowest BCUT2D eigenvalue weighted by molar-refractivity contribution is 0.343. The van der Waals surface area contributed by atoms with Crippen molar-refractivity contribution in [3.05, 3.63) is 58.7 Å². The molecule has 0 radical (unpaired) electrons. The van der Waals surface area contributed by atoms with Crippen LogP contribution in [0, 0.1) is 6.92 Å². The van der Waals surface area contributed by atoms with E-state index in [0.717, 1.165) is 38.2 Å². The molecule has 0 amide bonds. The number of anilines is 1. The first kappa shape index (κ1) is 20.7. The predicted molar refractivity (Wildman–Crippen MR) is 126 cm³/mol. The van der Waals surface area contributed by atoms with Gasteiger partial charge >= 0.3 is 0 Å². The summed E-state index contributed by atoms with van der Waals surface area (Å²) in [6.45, 7) is 7.15. The van der Waals surface area contributed by atoms with E-state index in [1.165, 1.54) is 26.1 Å². The average Bonchev–Trinajstić information content (AvgIpc) is 3.00. The fourth-order valence-corrected chi connectivity index (χ4v) is 4.81. The number of benzene rings is 1. The van der Waals surface area contributed by atoms with Crippen molar-refractivity contribution >= 4 is 44.4 Å². The third-order valence-corrected chi connectivity index (χ3v) is 6.49. The normalized spacial score (nSPS) is 11.3. The molecule has 0 saturated heterocycles. The summed E-state index contributed by atoms with van der Waals surface area (Å²) in [7, 11) is 2.20. The third-order valence-electron chi connectivity index (χ3n) is 5.15. The molecule has 148 valence electrons. The molecule has 0 unspecified atom stereocenters. The van der Waals surface area contributed by atoms with Crippen LogP contribution in [0.5, 0.6) is 0 Å². The molecule has 28 heavy (non-hydrogen) atoms. The van der Waals surface area contributed by atoms with Gasteiger partial charge in [-0.05, 0) is 92.8 Å². The van der Waals surface area contributed by atoms with Crippen molar-refractivity contribution in [2.75, 3.05) is 31.6 Å². The van der Waals surface area contributed by atoms with Gasteiger partial charge in [0.2, 0.25) is 0 Å². The van der Waals surface area contributed by atoms with Gasteiger partial charge in [0.1, 0.15) is 0 Å². The molecule has 0 aliphatic rings. The van der Waals surface area contributed by atoms with Crippen molar-refractivity contribution in [2.24, 2.45) is 5.73 Å². The van der Waals surface area contributed by atoms with Gasteiger partial charge in [0.15, 0.2) is 5.11 Å². The first-order valence-corrected chi connectivity index (χ1v) is 10.9. The smallest absolute Gasteiger partial charge is 0.170 e. The lowest BCUT2D eigenvalue weighted by atomic mass is 10.1. The molecule has 0 aliphatic heterocycles. The van der Waals surface area contributed by atoms with E-state index in [1.807, 2.05) is 28.6 Å². The molecule has 0 bridgehead atoms. The zero-order chi connectivity index (χ0) is 20.1. The number of nitrogens with zero attached hydrogens (tertiary/aromatic N) is 3. The summed E-state index contributed by atoms with van der Waals surface area (Å²) < 4.78 is 1.33. The third kappa shape index (κ3) is 4.87. The van der Waals surface area contributed by atoms with E-state index in [9.17, 15) is 0 Å². The number of pyridine rings is 1. The molecule has 0 fully saturated rings. The van der Waals surface area contributed by atoms with Crippen LogP contribution in [0.25, 0.3) is 10.1 Å². The molecule has 3 rings (SSSR count). The number of hydrogen-bond donors (Lipinski definition) is 1. The topological polar surface area (TPSA) is 45.4 Å². The number of thiocarbonyl (C=S) groups is 1. The van der Waals surface area contributed by atoms with Crippen molar-refractivity contribution in [1.82, 2.24) is 9.88 Å². The van der Waals surface area contributed by atoms with Gasteiger partial charge in [0.25, 0.3) is 0 Å². The SMILES string of the molecule is CCN(C(N)=S)c1ccc2sc(C)c(CCN(C)CCc3ccncc3)c2c1. The van der Waals surface area contributed by atoms with Crippen molar-refractivity contribution in [3.8, 4) is 0 Å². The fourth-order valence-electron chi connectivity index (χ4n) is 3.49. The van der Waals surface area contributed by atoms with Crippen LogP contribution in [0.2, 0.25) is 0 Å². The maximum absolute atomic E-state index is 5.90. The van der Waals surface area contributed by atoms with Gasteiger partial charge < -0.3 is 15.5 Å². The van der Waals surface area contributed by atoms with E-state index in [1.54, 1.807) is 0 Å². The quantitative estimate of drug-likeness (QED) is 0.556. The Bertz CT molecular complexity index is 936. The van der Waals surface area contributed by atoms with Crippen molar-refractivity contribution < 1.29 is 0 Å². The summed E-state index contributed by atoms with van der Waals surface area (Å²) in [6.07, 6.45) is 5.81. The highest BCUT2D eigenvalue weighted by molar-refractivity contribution is 7.80. The summed E-state index contributed by atoms with van der Waals surface area (Å²) in [4.78, 5) is 9.86. The van der Waals surface area contributed by atoms with Crippen LogP contribution in [-0.2, 0) is 12.8 Å². The van der Waals surface area contributed by atoms with E-state index < -0.39 is 0 Å². The standard InChI is InChI=1S/C22H28N4S2/c1-4-26(22(23)27)18-5-6-21-20(15-18)19(16(2)28-21)10-14-25(3)13-9-17-7-11-24-12-8-17/h5-8,11-12,15H,4,9-10,13-14H2,1-3H3,(H2,23,27). The molecule has 6 heteroatoms. The van der Waals surface area contributed by atoms with Gasteiger partial charge in [-0.25, -0.2) is 0 Å². The number of aromatic nitrogens is 1. The second-order valence-corrected chi connectivity index (χ2v) is 8.73. The lowest BCUT2D eigenvalue weighted by Gasteiger charge is -2.21. The Balaban J connectivity index is 1.71. The maximum Gasteiger partial charge on any atom is 0.170 e. The number of hydrogen-bond acceptors (Lipinski definition) is 4. The average molecular weight is 413 g/mol. The summed E-state index contributed by atoms with van der Waals surface area (Å²) in [5.74, 6) is 0. The van der Waals surface area contributed by atoms with Crippen molar-refractivity contribution in [3.63, 3.8) is 0 Å². The zero-order valence-electron chi connectivity index (χ0n) is 16.8. The molecule has 0 spiro atoms. The Morgan fingerprint density at radius 3 is 2.54 bits per heavy atom. The largest absolute Gasteiger partial charge is 0.376 e. The van der Waals surface area contributed by atoms with Gasteiger partial charge in [-0.3, -0.25) is 4.98 Å². The Hall–Kier alpha value is -2.02.